The third-order valence-corrected chi connectivity index (χ3v) is 3.85. The minimum atomic E-state index is -0.619. The van der Waals surface area contributed by atoms with Crippen LogP contribution in [0.4, 0.5) is 16.2 Å². The largest absolute Gasteiger partial charge is 0.486 e. The fraction of sp³-hybridized carbons (Fsp3) is 0.118. The Morgan fingerprint density at radius 1 is 1.15 bits per heavy atom. The number of benzene rings is 2. The van der Waals surface area contributed by atoms with Crippen molar-refractivity contribution < 1.29 is 19.1 Å². The molecule has 3 amide bonds. The van der Waals surface area contributed by atoms with Crippen molar-refractivity contribution in [2.75, 3.05) is 23.4 Å². The average molecular weight is 366 g/mol. The van der Waals surface area contributed by atoms with Gasteiger partial charge in [-0.3, -0.25) is 4.79 Å². The van der Waals surface area contributed by atoms with Crippen LogP contribution < -0.4 is 19.7 Å². The van der Waals surface area contributed by atoms with Gasteiger partial charge in [-0.25, -0.2) is 9.69 Å². The Labute approximate surface area is 153 Å². The van der Waals surface area contributed by atoms with Crippen LogP contribution >= 0.6 is 0 Å². The van der Waals surface area contributed by atoms with Crippen molar-refractivity contribution in [3.8, 4) is 22.9 Å². The third-order valence-electron chi connectivity index (χ3n) is 3.85. The first-order chi connectivity index (χ1) is 13.2. The highest BCUT2D eigenvalue weighted by Gasteiger charge is 2.18. The zero-order valence-electron chi connectivity index (χ0n) is 14.0. The summed E-state index contributed by atoms with van der Waals surface area (Å²) in [6.07, 6.45) is 0.433. The zero-order valence-corrected chi connectivity index (χ0v) is 14.0. The molecule has 2 aromatic carbocycles. The molecule has 2 heterocycles. The van der Waals surface area contributed by atoms with Gasteiger partial charge in [-0.2, -0.15) is 5.21 Å². The molecule has 2 N–H and O–H groups in total. The topological polar surface area (TPSA) is 122 Å². The van der Waals surface area contributed by atoms with Gasteiger partial charge in [-0.1, -0.05) is 12.1 Å². The van der Waals surface area contributed by atoms with E-state index in [2.05, 4.69) is 25.9 Å². The van der Waals surface area contributed by atoms with Crippen LogP contribution in [0.2, 0.25) is 0 Å². The van der Waals surface area contributed by atoms with Crippen molar-refractivity contribution in [2.45, 2.75) is 0 Å². The van der Waals surface area contributed by atoms with Gasteiger partial charge in [0.25, 0.3) is 0 Å². The van der Waals surface area contributed by atoms with Gasteiger partial charge in [0.2, 0.25) is 12.2 Å². The fourth-order valence-electron chi connectivity index (χ4n) is 2.61. The smallest absolute Gasteiger partial charge is 0.332 e. The second-order valence-corrected chi connectivity index (χ2v) is 5.55. The molecule has 3 aromatic rings. The van der Waals surface area contributed by atoms with E-state index in [4.69, 9.17) is 9.47 Å². The summed E-state index contributed by atoms with van der Waals surface area (Å²) in [5.74, 6) is 1.50. The maximum absolute atomic E-state index is 12.6. The van der Waals surface area contributed by atoms with E-state index in [9.17, 15) is 9.59 Å². The van der Waals surface area contributed by atoms with Crippen LogP contribution in [-0.2, 0) is 4.79 Å². The normalized spacial score (nSPS) is 12.3. The number of carbonyl (C=O) groups is 2. The van der Waals surface area contributed by atoms with Gasteiger partial charge in [-0.05, 0) is 29.5 Å². The number of H-pyrrole nitrogens is 1. The molecular weight excluding hydrogens is 352 g/mol. The molecule has 0 aliphatic carbocycles. The molecule has 10 heteroatoms. The highest BCUT2D eigenvalue weighted by atomic mass is 16.6. The van der Waals surface area contributed by atoms with Crippen LogP contribution in [0, 0.1) is 0 Å². The molecule has 27 heavy (non-hydrogen) atoms. The summed E-state index contributed by atoms with van der Waals surface area (Å²) < 4.78 is 10.9. The van der Waals surface area contributed by atoms with Gasteiger partial charge in [-0.15, -0.1) is 10.2 Å². The summed E-state index contributed by atoms with van der Waals surface area (Å²) in [6.45, 7) is 0.919. The van der Waals surface area contributed by atoms with Crippen molar-refractivity contribution in [3.05, 3.63) is 42.5 Å². The summed E-state index contributed by atoms with van der Waals surface area (Å²) in [7, 11) is 0. The maximum Gasteiger partial charge on any atom is 0.332 e. The number of rotatable bonds is 4. The molecule has 0 unspecified atom stereocenters. The number of aromatic amines is 1. The lowest BCUT2D eigenvalue weighted by molar-refractivity contribution is -0.106. The monoisotopic (exact) mass is 366 g/mol. The van der Waals surface area contributed by atoms with Crippen LogP contribution in [0.5, 0.6) is 11.5 Å². The summed E-state index contributed by atoms with van der Waals surface area (Å²) in [5, 5.41) is 16.3. The minimum Gasteiger partial charge on any atom is -0.486 e. The van der Waals surface area contributed by atoms with Crippen LogP contribution in [0.1, 0.15) is 0 Å². The second kappa shape index (κ2) is 7.12. The first kappa shape index (κ1) is 16.5. The number of hydrogen-bond acceptors (Lipinski definition) is 7. The van der Waals surface area contributed by atoms with Crippen molar-refractivity contribution in [2.24, 2.45) is 0 Å². The molecule has 0 spiro atoms. The molecule has 136 valence electrons. The number of fused-ring (bicyclic) bond motifs is 1. The van der Waals surface area contributed by atoms with Gasteiger partial charge in [0.1, 0.15) is 13.2 Å². The lowest BCUT2D eigenvalue weighted by Gasteiger charge is -2.20. The molecule has 0 radical (unpaired) electrons. The quantitative estimate of drug-likeness (QED) is 0.675. The van der Waals surface area contributed by atoms with E-state index < -0.39 is 6.03 Å². The number of ether oxygens (including phenoxy) is 2. The number of aromatic nitrogens is 4. The van der Waals surface area contributed by atoms with Crippen molar-refractivity contribution in [1.82, 2.24) is 20.6 Å². The summed E-state index contributed by atoms with van der Waals surface area (Å²) in [5.41, 5.74) is 1.45. The van der Waals surface area contributed by atoms with E-state index in [0.29, 0.717) is 53.9 Å². The summed E-state index contributed by atoms with van der Waals surface area (Å²) >= 11 is 0. The molecule has 1 aliphatic rings. The Morgan fingerprint density at radius 3 is 2.78 bits per heavy atom. The van der Waals surface area contributed by atoms with E-state index in [1.54, 1.807) is 42.5 Å². The van der Waals surface area contributed by atoms with Crippen LogP contribution in [0.3, 0.4) is 0 Å². The second-order valence-electron chi connectivity index (χ2n) is 5.55. The van der Waals surface area contributed by atoms with Crippen molar-refractivity contribution in [1.29, 1.82) is 0 Å². The number of amides is 3. The highest BCUT2D eigenvalue weighted by molar-refractivity contribution is 6.12. The average Bonchev–Trinajstić information content (AvgIpc) is 3.24. The Balaban J connectivity index is 1.55. The summed E-state index contributed by atoms with van der Waals surface area (Å²) in [6, 6.07) is 11.1. The predicted molar refractivity (Wildman–Crippen MR) is 94.6 cm³/mol. The fourth-order valence-corrected chi connectivity index (χ4v) is 2.61. The van der Waals surface area contributed by atoms with E-state index in [0.717, 1.165) is 4.90 Å². The molecule has 1 aliphatic heterocycles. The number of anilines is 2. The minimum absolute atomic E-state index is 0.356. The van der Waals surface area contributed by atoms with Crippen LogP contribution in [0.15, 0.2) is 42.5 Å². The Kier molecular flexibility index (Phi) is 4.35. The molecule has 0 fully saturated rings. The lowest BCUT2D eigenvalue weighted by atomic mass is 10.2. The third kappa shape index (κ3) is 3.40. The first-order valence-electron chi connectivity index (χ1n) is 8.03. The lowest BCUT2D eigenvalue weighted by Crippen LogP contribution is -2.33. The van der Waals surface area contributed by atoms with Crippen LogP contribution in [0.25, 0.3) is 11.4 Å². The van der Waals surface area contributed by atoms with Crippen molar-refractivity contribution >= 4 is 23.8 Å². The van der Waals surface area contributed by atoms with Gasteiger partial charge >= 0.3 is 6.03 Å². The number of carbonyl (C=O) groups excluding carboxylic acids is 2. The number of nitrogens with zero attached hydrogens (tertiary/aromatic N) is 4. The first-order valence-corrected chi connectivity index (χ1v) is 8.03. The van der Waals surface area contributed by atoms with E-state index in [-0.39, 0.29) is 0 Å². The number of imide groups is 1. The van der Waals surface area contributed by atoms with E-state index >= 15 is 0 Å². The SMILES string of the molecule is O=CN(C(=O)Nc1ccc2c(c1)OCCO2)c1cccc(-c2nn[nH]n2)c1. The number of hydrogen-bond donors (Lipinski definition) is 2. The van der Waals surface area contributed by atoms with Gasteiger partial charge in [0.05, 0.1) is 5.69 Å². The molecule has 0 bridgehead atoms. The molecule has 10 nitrogen and oxygen atoms in total. The van der Waals surface area contributed by atoms with E-state index in [1.165, 1.54) is 0 Å². The number of nitrogens with one attached hydrogen (secondary N) is 2. The standard InChI is InChI=1S/C17H14N6O4/c24-10-23(13-3-1-2-11(8-13)16-19-21-22-20-16)17(25)18-12-4-5-14-15(9-12)27-7-6-26-14/h1-5,8-10H,6-7H2,(H,18,25)(H,19,20,21,22). The molecule has 0 atom stereocenters. The van der Waals surface area contributed by atoms with Crippen LogP contribution in [-0.4, -0.2) is 46.3 Å². The molecule has 4 rings (SSSR count). The molecule has 1 aromatic heterocycles. The Morgan fingerprint density at radius 2 is 2.00 bits per heavy atom. The van der Waals surface area contributed by atoms with Gasteiger partial charge in [0, 0.05) is 17.3 Å². The van der Waals surface area contributed by atoms with Crippen molar-refractivity contribution in [3.63, 3.8) is 0 Å². The highest BCUT2D eigenvalue weighted by Crippen LogP contribution is 2.32. The Hall–Kier alpha value is -3.95. The maximum atomic E-state index is 12.6. The molecular formula is C17H14N6O4. The van der Waals surface area contributed by atoms with E-state index in [1.807, 2.05) is 0 Å². The van der Waals surface area contributed by atoms with Gasteiger partial charge < -0.3 is 14.8 Å². The predicted octanol–water partition coefficient (Wildman–Crippen LogP) is 1.83. The van der Waals surface area contributed by atoms with Gasteiger partial charge in [0.15, 0.2) is 11.5 Å². The Bertz CT molecular complexity index is 975. The number of urea groups is 1. The number of tetrazole rings is 1. The summed E-state index contributed by atoms with van der Waals surface area (Å²) in [4.78, 5) is 25.1. The molecule has 0 saturated carbocycles. The molecule has 0 saturated heterocycles. The zero-order chi connectivity index (χ0) is 18.6.